The molecule has 2 aliphatic heterocycles. The van der Waals surface area contributed by atoms with Gasteiger partial charge in [-0.05, 0) is 79.7 Å². The fraction of sp³-hybridized carbons (Fsp3) is 0.567. The van der Waals surface area contributed by atoms with Crippen molar-refractivity contribution in [3.05, 3.63) is 34.9 Å². The number of imidazole rings is 1. The molecule has 0 bridgehead atoms. The minimum Gasteiger partial charge on any atom is -0.444 e. The van der Waals surface area contributed by atoms with E-state index in [2.05, 4.69) is 64.9 Å². The SMILES string of the molecule is CC(C)(C)OC(=O)N1CCN(c2ccc(-c3nc4ncc(Br)c(N5CCN(CC6CCC6)CC5)c4[nH]3)cc2)CC1. The highest BCUT2D eigenvalue weighted by Crippen LogP contribution is 2.35. The summed E-state index contributed by atoms with van der Waals surface area (Å²) in [6.07, 6.45) is 5.86. The number of H-pyrrole nitrogens is 1. The Morgan fingerprint density at radius 2 is 1.68 bits per heavy atom. The van der Waals surface area contributed by atoms with E-state index in [1.807, 2.05) is 27.0 Å². The van der Waals surface area contributed by atoms with E-state index < -0.39 is 5.60 Å². The number of hydrogen-bond acceptors (Lipinski definition) is 7. The van der Waals surface area contributed by atoms with E-state index in [1.54, 1.807) is 4.90 Å². The number of amides is 1. The number of carbonyl (C=O) groups excluding carboxylic acids is 1. The summed E-state index contributed by atoms with van der Waals surface area (Å²) in [6, 6.07) is 8.50. The van der Waals surface area contributed by atoms with Crippen LogP contribution in [0.5, 0.6) is 0 Å². The average Bonchev–Trinajstić information content (AvgIpc) is 3.35. The second-order valence-corrected chi connectivity index (χ2v) is 13.2. The molecule has 2 aromatic heterocycles. The van der Waals surface area contributed by atoms with Crippen LogP contribution < -0.4 is 9.80 Å². The molecule has 9 nitrogen and oxygen atoms in total. The summed E-state index contributed by atoms with van der Waals surface area (Å²) in [7, 11) is 0. The third-order valence-electron chi connectivity index (χ3n) is 8.31. The lowest BCUT2D eigenvalue weighted by atomic mass is 9.85. The van der Waals surface area contributed by atoms with Gasteiger partial charge in [0.05, 0.1) is 10.2 Å². The number of carbonyl (C=O) groups is 1. The van der Waals surface area contributed by atoms with Crippen LogP contribution >= 0.6 is 15.9 Å². The summed E-state index contributed by atoms with van der Waals surface area (Å²) in [6.45, 7) is 14.0. The zero-order valence-corrected chi connectivity index (χ0v) is 25.4. The molecule has 1 amide bonds. The van der Waals surface area contributed by atoms with Crippen LogP contribution in [0.25, 0.3) is 22.6 Å². The molecule has 6 rings (SSSR count). The lowest BCUT2D eigenvalue weighted by Gasteiger charge is -2.39. The van der Waals surface area contributed by atoms with Gasteiger partial charge >= 0.3 is 6.09 Å². The Bertz CT molecular complexity index is 1330. The highest BCUT2D eigenvalue weighted by molar-refractivity contribution is 9.10. The van der Waals surface area contributed by atoms with Crippen LogP contribution in [0, 0.1) is 5.92 Å². The number of hydrogen-bond donors (Lipinski definition) is 1. The summed E-state index contributed by atoms with van der Waals surface area (Å²) < 4.78 is 6.54. The monoisotopic (exact) mass is 609 g/mol. The van der Waals surface area contributed by atoms with E-state index in [9.17, 15) is 4.79 Å². The van der Waals surface area contributed by atoms with Crippen molar-refractivity contribution in [3.63, 3.8) is 0 Å². The van der Waals surface area contributed by atoms with E-state index in [4.69, 9.17) is 9.72 Å². The fourth-order valence-electron chi connectivity index (χ4n) is 5.87. The molecule has 0 spiro atoms. The normalized spacial score (nSPS) is 19.2. The zero-order valence-electron chi connectivity index (χ0n) is 23.8. The highest BCUT2D eigenvalue weighted by atomic mass is 79.9. The molecule has 1 aromatic carbocycles. The molecule has 2 saturated heterocycles. The van der Waals surface area contributed by atoms with Gasteiger partial charge in [-0.3, -0.25) is 4.90 Å². The molecular formula is C30H40BrN7O2. The number of pyridine rings is 1. The van der Waals surface area contributed by atoms with Crippen molar-refractivity contribution in [1.29, 1.82) is 0 Å². The van der Waals surface area contributed by atoms with Gasteiger partial charge in [0, 0.05) is 76.4 Å². The Hall–Kier alpha value is -2.85. The minimum absolute atomic E-state index is 0.234. The van der Waals surface area contributed by atoms with Gasteiger partial charge in [0.1, 0.15) is 16.9 Å². The molecule has 0 unspecified atom stereocenters. The van der Waals surface area contributed by atoms with Crippen LogP contribution in [0.1, 0.15) is 40.0 Å². The molecule has 1 N–H and O–H groups in total. The maximum atomic E-state index is 12.4. The van der Waals surface area contributed by atoms with Crippen LogP contribution in [-0.2, 0) is 4.74 Å². The summed E-state index contributed by atoms with van der Waals surface area (Å²) in [5.74, 6) is 1.74. The van der Waals surface area contributed by atoms with Crippen LogP contribution in [0.3, 0.4) is 0 Å². The van der Waals surface area contributed by atoms with Crippen molar-refractivity contribution in [1.82, 2.24) is 24.8 Å². The molecular weight excluding hydrogens is 570 g/mol. The van der Waals surface area contributed by atoms with Gasteiger partial charge in [-0.15, -0.1) is 0 Å². The van der Waals surface area contributed by atoms with E-state index >= 15 is 0 Å². The Morgan fingerprint density at radius 3 is 2.30 bits per heavy atom. The summed E-state index contributed by atoms with van der Waals surface area (Å²) >= 11 is 3.77. The number of rotatable bonds is 5. The van der Waals surface area contributed by atoms with E-state index in [0.717, 1.165) is 83.6 Å². The van der Waals surface area contributed by atoms with Crippen molar-refractivity contribution in [3.8, 4) is 11.4 Å². The van der Waals surface area contributed by atoms with Crippen molar-refractivity contribution in [2.24, 2.45) is 5.92 Å². The Labute approximate surface area is 245 Å². The first-order valence-corrected chi connectivity index (χ1v) is 15.4. The average molecular weight is 611 g/mol. The number of ether oxygens (including phenoxy) is 1. The number of nitrogens with zero attached hydrogens (tertiary/aromatic N) is 6. The Morgan fingerprint density at radius 1 is 1.00 bits per heavy atom. The first-order chi connectivity index (χ1) is 19.2. The number of aromatic amines is 1. The second kappa shape index (κ2) is 11.2. The van der Waals surface area contributed by atoms with Gasteiger partial charge in [-0.1, -0.05) is 6.42 Å². The molecule has 10 heteroatoms. The maximum absolute atomic E-state index is 12.4. The highest BCUT2D eigenvalue weighted by Gasteiger charge is 2.27. The first-order valence-electron chi connectivity index (χ1n) is 14.6. The number of fused-ring (bicyclic) bond motifs is 1. The second-order valence-electron chi connectivity index (χ2n) is 12.3. The van der Waals surface area contributed by atoms with Gasteiger partial charge in [-0.2, -0.15) is 0 Å². The van der Waals surface area contributed by atoms with Crippen LogP contribution in [0.15, 0.2) is 34.9 Å². The molecule has 1 aliphatic carbocycles. The first kappa shape index (κ1) is 27.3. The number of anilines is 2. The minimum atomic E-state index is -0.475. The van der Waals surface area contributed by atoms with Gasteiger partial charge < -0.3 is 24.4 Å². The maximum Gasteiger partial charge on any atom is 0.410 e. The van der Waals surface area contributed by atoms with Crippen LogP contribution in [-0.4, -0.2) is 95.3 Å². The third-order valence-corrected chi connectivity index (χ3v) is 8.90. The number of nitrogens with one attached hydrogen (secondary N) is 1. The Balaban J connectivity index is 1.12. The predicted molar refractivity (Wildman–Crippen MR) is 163 cm³/mol. The quantitative estimate of drug-likeness (QED) is 0.417. The van der Waals surface area contributed by atoms with Crippen LogP contribution in [0.2, 0.25) is 0 Å². The summed E-state index contributed by atoms with van der Waals surface area (Å²) in [5.41, 5.74) is 4.58. The summed E-state index contributed by atoms with van der Waals surface area (Å²) in [5, 5.41) is 0. The van der Waals surface area contributed by atoms with Crippen LogP contribution in [0.4, 0.5) is 16.2 Å². The van der Waals surface area contributed by atoms with E-state index in [-0.39, 0.29) is 6.09 Å². The molecule has 0 atom stereocenters. The third kappa shape index (κ3) is 5.93. The molecule has 3 aromatic rings. The van der Waals surface area contributed by atoms with Gasteiger partial charge in [-0.25, -0.2) is 14.8 Å². The van der Waals surface area contributed by atoms with Gasteiger partial charge in [0.2, 0.25) is 0 Å². The Kier molecular flexibility index (Phi) is 7.65. The van der Waals surface area contributed by atoms with Crippen molar-refractivity contribution in [2.75, 3.05) is 68.7 Å². The summed E-state index contributed by atoms with van der Waals surface area (Å²) in [4.78, 5) is 34.7. The van der Waals surface area contributed by atoms with Crippen molar-refractivity contribution in [2.45, 2.75) is 45.6 Å². The number of halogens is 1. The lowest BCUT2D eigenvalue weighted by molar-refractivity contribution is 0.0240. The van der Waals surface area contributed by atoms with Gasteiger partial charge in [0.25, 0.3) is 0 Å². The molecule has 4 heterocycles. The molecule has 3 aliphatic rings. The smallest absolute Gasteiger partial charge is 0.410 e. The fourth-order valence-corrected chi connectivity index (χ4v) is 6.42. The van der Waals surface area contributed by atoms with E-state index in [0.29, 0.717) is 13.1 Å². The molecule has 0 radical (unpaired) electrons. The topological polar surface area (TPSA) is 80.8 Å². The molecule has 3 fully saturated rings. The number of benzene rings is 1. The lowest BCUT2D eigenvalue weighted by Crippen LogP contribution is -2.50. The predicted octanol–water partition coefficient (Wildman–Crippen LogP) is 5.37. The largest absolute Gasteiger partial charge is 0.444 e. The van der Waals surface area contributed by atoms with Gasteiger partial charge in [0.15, 0.2) is 5.65 Å². The van der Waals surface area contributed by atoms with Crippen molar-refractivity contribution < 1.29 is 9.53 Å². The molecule has 1 saturated carbocycles. The van der Waals surface area contributed by atoms with Crippen molar-refractivity contribution >= 4 is 44.6 Å². The zero-order chi connectivity index (χ0) is 27.9. The molecule has 214 valence electrons. The van der Waals surface area contributed by atoms with E-state index in [1.165, 1.54) is 25.8 Å². The number of aromatic nitrogens is 3. The standard InChI is InChI=1S/C30H40BrN7O2/c1-30(2,3)40-29(39)38-17-15-36(16-18-38)23-9-7-22(8-10-23)27-33-25-26(24(31)19-32-28(25)34-27)37-13-11-35(12-14-37)20-21-5-4-6-21/h7-10,19,21H,4-6,11-18,20H2,1-3H3,(H,32,33,34). The molecule has 40 heavy (non-hydrogen) atoms. The number of piperazine rings is 2.